The highest BCUT2D eigenvalue weighted by molar-refractivity contribution is 7.10. The zero-order chi connectivity index (χ0) is 30.7. The predicted molar refractivity (Wildman–Crippen MR) is 165 cm³/mol. The van der Waals surface area contributed by atoms with Crippen LogP contribution in [-0.4, -0.2) is 58.3 Å². The van der Waals surface area contributed by atoms with Gasteiger partial charge in [-0.3, -0.25) is 14.4 Å². The molecule has 5 N–H and O–H groups in total. The van der Waals surface area contributed by atoms with Gasteiger partial charge in [0, 0.05) is 39.9 Å². The number of benzene rings is 2. The van der Waals surface area contributed by atoms with Crippen LogP contribution in [0.4, 0.5) is 0 Å². The molecule has 0 bridgehead atoms. The molecule has 3 atom stereocenters. The lowest BCUT2D eigenvalue weighted by atomic mass is 9.84. The van der Waals surface area contributed by atoms with Gasteiger partial charge in [0.1, 0.15) is 17.5 Å². The first kappa shape index (κ1) is 30.1. The van der Waals surface area contributed by atoms with Crippen molar-refractivity contribution in [1.29, 1.82) is 0 Å². The average molecular weight is 604 g/mol. The lowest BCUT2D eigenvalue weighted by Gasteiger charge is -2.32. The summed E-state index contributed by atoms with van der Waals surface area (Å²) >= 11 is 1.54. The van der Waals surface area contributed by atoms with Gasteiger partial charge in [0.25, 0.3) is 5.91 Å². The van der Waals surface area contributed by atoms with Crippen LogP contribution in [0.5, 0.6) is 11.5 Å². The summed E-state index contributed by atoms with van der Waals surface area (Å²) in [5, 5.41) is 20.0. The highest BCUT2D eigenvalue weighted by atomic mass is 32.1. The van der Waals surface area contributed by atoms with E-state index >= 15 is 0 Å². The van der Waals surface area contributed by atoms with E-state index in [1.54, 1.807) is 29.2 Å². The van der Waals surface area contributed by atoms with Crippen molar-refractivity contribution in [2.45, 2.75) is 64.6 Å². The van der Waals surface area contributed by atoms with Crippen LogP contribution in [0.3, 0.4) is 0 Å². The molecule has 2 heterocycles. The standard InChI is InChI=1S/C32H37N5O5S/c1-19-32(2,3)16-26(31(40)35-21-11-14-24-25(29(33)36-41)18-43-27(24)15-21)37(19)28(38)17-34-30(39)20-9-12-23(13-10-20)42-22-7-5-4-6-8-22/h4-10,12-13,18-19,21,26,41H,11,14-17H2,1-3H3,(H2,33,36)(H,34,39)(H,35,40). The Morgan fingerprint density at radius 3 is 2.51 bits per heavy atom. The van der Waals surface area contributed by atoms with E-state index < -0.39 is 6.04 Å². The lowest BCUT2D eigenvalue weighted by Crippen LogP contribution is -2.53. The Kier molecular flexibility index (Phi) is 8.72. The van der Waals surface area contributed by atoms with E-state index in [2.05, 4.69) is 29.6 Å². The molecule has 226 valence electrons. The molecule has 1 fully saturated rings. The topological polar surface area (TPSA) is 146 Å². The van der Waals surface area contributed by atoms with Crippen molar-refractivity contribution in [1.82, 2.24) is 15.5 Å². The van der Waals surface area contributed by atoms with Crippen LogP contribution in [0.2, 0.25) is 0 Å². The Morgan fingerprint density at radius 2 is 1.81 bits per heavy atom. The van der Waals surface area contributed by atoms with Gasteiger partial charge in [0.15, 0.2) is 5.84 Å². The first-order valence-corrected chi connectivity index (χ1v) is 15.2. The number of oxime groups is 1. The lowest BCUT2D eigenvalue weighted by molar-refractivity contribution is -0.139. The Hall–Kier alpha value is -4.38. The number of nitrogens with zero attached hydrogens (tertiary/aromatic N) is 2. The van der Waals surface area contributed by atoms with Gasteiger partial charge in [-0.05, 0) is 73.6 Å². The molecule has 10 nitrogen and oxygen atoms in total. The minimum Gasteiger partial charge on any atom is -0.457 e. The fraction of sp³-hybridized carbons (Fsp3) is 0.375. The Balaban J connectivity index is 1.19. The molecule has 1 saturated heterocycles. The van der Waals surface area contributed by atoms with E-state index in [1.807, 2.05) is 42.6 Å². The summed E-state index contributed by atoms with van der Waals surface area (Å²) in [7, 11) is 0. The summed E-state index contributed by atoms with van der Waals surface area (Å²) in [6.07, 6.45) is 2.59. The van der Waals surface area contributed by atoms with E-state index in [4.69, 9.17) is 15.7 Å². The summed E-state index contributed by atoms with van der Waals surface area (Å²) in [4.78, 5) is 42.6. The third kappa shape index (κ3) is 6.51. The van der Waals surface area contributed by atoms with Crippen molar-refractivity contribution in [3.8, 4) is 11.5 Å². The molecule has 1 aliphatic heterocycles. The predicted octanol–water partition coefficient (Wildman–Crippen LogP) is 4.05. The number of hydrogen-bond acceptors (Lipinski definition) is 7. The Labute approximate surface area is 254 Å². The first-order chi connectivity index (χ1) is 20.6. The van der Waals surface area contributed by atoms with E-state index in [1.165, 1.54) is 11.3 Å². The molecular weight excluding hydrogens is 566 g/mol. The number of fused-ring (bicyclic) bond motifs is 1. The largest absolute Gasteiger partial charge is 0.457 e. The van der Waals surface area contributed by atoms with E-state index in [-0.39, 0.29) is 47.6 Å². The van der Waals surface area contributed by atoms with Gasteiger partial charge in [0.2, 0.25) is 11.8 Å². The van der Waals surface area contributed by atoms with Crippen molar-refractivity contribution in [2.75, 3.05) is 6.54 Å². The minimum absolute atomic E-state index is 0.0803. The minimum atomic E-state index is -0.638. The third-order valence-corrected chi connectivity index (χ3v) is 9.63. The Bertz CT molecular complexity index is 1520. The van der Waals surface area contributed by atoms with Crippen molar-refractivity contribution >= 4 is 34.9 Å². The number of carbonyl (C=O) groups excluding carboxylic acids is 3. The van der Waals surface area contributed by atoms with Crippen molar-refractivity contribution in [3.63, 3.8) is 0 Å². The van der Waals surface area contributed by atoms with Crippen LogP contribution < -0.4 is 21.1 Å². The second-order valence-corrected chi connectivity index (χ2v) is 12.8. The number of nitrogens with two attached hydrogens (primary N) is 1. The van der Waals surface area contributed by atoms with Gasteiger partial charge in [0.05, 0.1) is 6.54 Å². The number of nitrogens with one attached hydrogen (secondary N) is 2. The van der Waals surface area contributed by atoms with Gasteiger partial charge in [-0.1, -0.05) is 37.2 Å². The molecule has 0 saturated carbocycles. The summed E-state index contributed by atoms with van der Waals surface area (Å²) in [5.41, 5.74) is 7.75. The van der Waals surface area contributed by atoms with Crippen molar-refractivity contribution < 1.29 is 24.3 Å². The number of para-hydroxylation sites is 1. The number of rotatable bonds is 8. The van der Waals surface area contributed by atoms with Crippen LogP contribution in [0.15, 0.2) is 65.1 Å². The van der Waals surface area contributed by atoms with Crippen LogP contribution in [-0.2, 0) is 22.4 Å². The fourth-order valence-electron chi connectivity index (χ4n) is 5.87. The number of carbonyl (C=O) groups is 3. The smallest absolute Gasteiger partial charge is 0.251 e. The Morgan fingerprint density at radius 1 is 1.12 bits per heavy atom. The average Bonchev–Trinajstić information content (AvgIpc) is 3.53. The highest BCUT2D eigenvalue weighted by Gasteiger charge is 2.49. The highest BCUT2D eigenvalue weighted by Crippen LogP contribution is 2.40. The van der Waals surface area contributed by atoms with Crippen LogP contribution in [0, 0.1) is 5.41 Å². The quantitative estimate of drug-likeness (QED) is 0.132. The molecule has 0 radical (unpaired) electrons. The van der Waals surface area contributed by atoms with E-state index in [0.29, 0.717) is 42.7 Å². The SMILES string of the molecule is CC1N(C(=O)CNC(=O)c2ccc(Oc3ccccc3)cc2)C(C(=O)NC2CCc3c(/C(N)=N\O)csc3C2)CC1(C)C. The van der Waals surface area contributed by atoms with Crippen LogP contribution >= 0.6 is 11.3 Å². The normalized spacial score (nSPS) is 21.1. The number of likely N-dealkylation sites (tertiary alicyclic amines) is 1. The molecule has 1 aromatic heterocycles. The molecule has 11 heteroatoms. The molecule has 3 unspecified atom stereocenters. The van der Waals surface area contributed by atoms with Crippen molar-refractivity contribution in [3.05, 3.63) is 81.5 Å². The van der Waals surface area contributed by atoms with E-state index in [0.717, 1.165) is 16.0 Å². The molecule has 1 aliphatic carbocycles. The van der Waals surface area contributed by atoms with Gasteiger partial charge >= 0.3 is 0 Å². The summed E-state index contributed by atoms with van der Waals surface area (Å²) < 4.78 is 5.78. The summed E-state index contributed by atoms with van der Waals surface area (Å²) in [6, 6.07) is 15.1. The molecule has 5 rings (SSSR count). The maximum atomic E-state index is 13.6. The number of thiophene rings is 1. The third-order valence-electron chi connectivity index (χ3n) is 8.58. The van der Waals surface area contributed by atoms with Gasteiger partial charge in [-0.25, -0.2) is 0 Å². The molecule has 43 heavy (non-hydrogen) atoms. The number of amides is 3. The molecule has 2 aromatic carbocycles. The summed E-state index contributed by atoms with van der Waals surface area (Å²) in [6.45, 7) is 5.83. The second-order valence-electron chi connectivity index (χ2n) is 11.8. The number of amidine groups is 1. The second kappa shape index (κ2) is 12.5. The number of ether oxygens (including phenoxy) is 1. The zero-order valence-electron chi connectivity index (χ0n) is 24.5. The number of hydrogen-bond donors (Lipinski definition) is 4. The van der Waals surface area contributed by atoms with Crippen LogP contribution in [0.1, 0.15) is 60.0 Å². The monoisotopic (exact) mass is 603 g/mol. The molecule has 3 aromatic rings. The first-order valence-electron chi connectivity index (χ1n) is 14.4. The maximum Gasteiger partial charge on any atom is 0.251 e. The zero-order valence-corrected chi connectivity index (χ0v) is 25.3. The van der Waals surface area contributed by atoms with Crippen molar-refractivity contribution in [2.24, 2.45) is 16.3 Å². The van der Waals surface area contributed by atoms with E-state index in [9.17, 15) is 14.4 Å². The van der Waals surface area contributed by atoms with Gasteiger partial charge < -0.3 is 31.2 Å². The van der Waals surface area contributed by atoms with Gasteiger partial charge in [-0.2, -0.15) is 0 Å². The van der Waals surface area contributed by atoms with Gasteiger partial charge in [-0.15, -0.1) is 11.3 Å². The van der Waals surface area contributed by atoms with Crippen LogP contribution in [0.25, 0.3) is 0 Å². The molecule has 3 amide bonds. The fourth-order valence-corrected chi connectivity index (χ4v) is 7.05. The molecular formula is C32H37N5O5S. The molecule has 2 aliphatic rings. The summed E-state index contributed by atoms with van der Waals surface area (Å²) in [5.74, 6) is 0.511. The maximum absolute atomic E-state index is 13.6. The molecule has 0 spiro atoms.